The van der Waals surface area contributed by atoms with Gasteiger partial charge in [0.2, 0.25) is 0 Å². The van der Waals surface area contributed by atoms with Gasteiger partial charge in [-0.1, -0.05) is 58.9 Å². The second-order valence-electron chi connectivity index (χ2n) is 4.75. The molecule has 1 aromatic rings. The van der Waals surface area contributed by atoms with Crippen LogP contribution in [0.5, 0.6) is 0 Å². The van der Waals surface area contributed by atoms with E-state index >= 15 is 0 Å². The van der Waals surface area contributed by atoms with Crippen LogP contribution in [0, 0.1) is 5.92 Å². The van der Waals surface area contributed by atoms with E-state index in [2.05, 4.69) is 45.0 Å². The molecular weight excluding hydrogens is 220 g/mol. The molecule has 1 heteroatoms. The Morgan fingerprint density at radius 1 is 1.11 bits per heavy atom. The summed E-state index contributed by atoms with van der Waals surface area (Å²) >= 11 is 0. The molecule has 0 aromatic heterocycles. The standard InChI is InChI=1S/C15H24O.C2H6/c1-4-14-7-5-8-15(11-14)9-6-10-16-12-13(2)3;1-2/h5,7-8,11,13H,4,6,9-10,12H2,1-3H3;1-2H3. The lowest BCUT2D eigenvalue weighted by Crippen LogP contribution is -2.04. The summed E-state index contributed by atoms with van der Waals surface area (Å²) in [6, 6.07) is 8.87. The van der Waals surface area contributed by atoms with Gasteiger partial charge in [-0.3, -0.25) is 0 Å². The summed E-state index contributed by atoms with van der Waals surface area (Å²) in [4.78, 5) is 0. The fourth-order valence-electron chi connectivity index (χ4n) is 1.70. The summed E-state index contributed by atoms with van der Waals surface area (Å²) < 4.78 is 5.57. The fraction of sp³-hybridized carbons (Fsp3) is 0.647. The van der Waals surface area contributed by atoms with Gasteiger partial charge in [0.15, 0.2) is 0 Å². The molecule has 0 saturated heterocycles. The van der Waals surface area contributed by atoms with Crippen LogP contribution in [-0.2, 0) is 17.6 Å². The van der Waals surface area contributed by atoms with Crippen molar-refractivity contribution in [3.8, 4) is 0 Å². The van der Waals surface area contributed by atoms with Crippen molar-refractivity contribution in [2.45, 2.75) is 53.9 Å². The van der Waals surface area contributed by atoms with Crippen LogP contribution in [0.15, 0.2) is 24.3 Å². The molecule has 0 heterocycles. The number of rotatable bonds is 7. The molecule has 0 aliphatic heterocycles. The highest BCUT2D eigenvalue weighted by Gasteiger charge is 1.97. The second-order valence-corrected chi connectivity index (χ2v) is 4.75. The van der Waals surface area contributed by atoms with Gasteiger partial charge >= 0.3 is 0 Å². The van der Waals surface area contributed by atoms with Crippen molar-refractivity contribution in [2.75, 3.05) is 13.2 Å². The number of ether oxygens (including phenoxy) is 1. The van der Waals surface area contributed by atoms with Crippen LogP contribution in [-0.4, -0.2) is 13.2 Å². The van der Waals surface area contributed by atoms with Gasteiger partial charge in [-0.05, 0) is 36.3 Å². The quantitative estimate of drug-likeness (QED) is 0.627. The third-order valence-electron chi connectivity index (χ3n) is 2.60. The van der Waals surface area contributed by atoms with Crippen LogP contribution in [0.4, 0.5) is 0 Å². The SMILES string of the molecule is CC.CCc1cccc(CCCOCC(C)C)c1. The Balaban J connectivity index is 0.00000137. The summed E-state index contributed by atoms with van der Waals surface area (Å²) in [6.45, 7) is 12.3. The van der Waals surface area contributed by atoms with E-state index < -0.39 is 0 Å². The fourth-order valence-corrected chi connectivity index (χ4v) is 1.70. The molecule has 0 saturated carbocycles. The van der Waals surface area contributed by atoms with E-state index in [1.54, 1.807) is 0 Å². The minimum Gasteiger partial charge on any atom is -0.381 e. The Labute approximate surface area is 114 Å². The summed E-state index contributed by atoms with van der Waals surface area (Å²) in [5.74, 6) is 0.642. The number of benzene rings is 1. The minimum atomic E-state index is 0.642. The Bertz CT molecular complexity index is 291. The van der Waals surface area contributed by atoms with E-state index in [1.807, 2.05) is 13.8 Å². The number of hydrogen-bond donors (Lipinski definition) is 0. The van der Waals surface area contributed by atoms with Gasteiger partial charge in [0, 0.05) is 13.2 Å². The van der Waals surface area contributed by atoms with Gasteiger partial charge in [0.25, 0.3) is 0 Å². The van der Waals surface area contributed by atoms with Crippen molar-refractivity contribution in [1.82, 2.24) is 0 Å². The maximum absolute atomic E-state index is 5.57. The zero-order valence-corrected chi connectivity index (χ0v) is 12.8. The molecule has 0 radical (unpaired) electrons. The maximum atomic E-state index is 5.57. The van der Waals surface area contributed by atoms with Crippen LogP contribution < -0.4 is 0 Å². The van der Waals surface area contributed by atoms with Gasteiger partial charge in [0.1, 0.15) is 0 Å². The molecule has 0 bridgehead atoms. The molecule has 0 aliphatic carbocycles. The van der Waals surface area contributed by atoms with Crippen LogP contribution in [0.3, 0.4) is 0 Å². The Morgan fingerprint density at radius 3 is 2.39 bits per heavy atom. The third kappa shape index (κ3) is 8.30. The van der Waals surface area contributed by atoms with Gasteiger partial charge in [-0.15, -0.1) is 0 Å². The summed E-state index contributed by atoms with van der Waals surface area (Å²) in [6.07, 6.45) is 3.38. The molecule has 1 aromatic carbocycles. The largest absolute Gasteiger partial charge is 0.381 e. The highest BCUT2D eigenvalue weighted by Crippen LogP contribution is 2.08. The van der Waals surface area contributed by atoms with E-state index in [1.165, 1.54) is 11.1 Å². The van der Waals surface area contributed by atoms with Crippen molar-refractivity contribution in [3.63, 3.8) is 0 Å². The summed E-state index contributed by atoms with van der Waals surface area (Å²) in [5.41, 5.74) is 2.87. The van der Waals surface area contributed by atoms with E-state index in [-0.39, 0.29) is 0 Å². The van der Waals surface area contributed by atoms with E-state index in [0.717, 1.165) is 32.5 Å². The van der Waals surface area contributed by atoms with Gasteiger partial charge in [-0.2, -0.15) is 0 Å². The number of aryl methyl sites for hydroxylation is 2. The zero-order valence-electron chi connectivity index (χ0n) is 12.8. The van der Waals surface area contributed by atoms with Crippen molar-refractivity contribution < 1.29 is 4.74 Å². The molecule has 0 amide bonds. The molecule has 0 unspecified atom stereocenters. The zero-order chi connectivity index (χ0) is 13.8. The normalized spacial score (nSPS) is 10.1. The summed E-state index contributed by atoms with van der Waals surface area (Å²) in [5, 5.41) is 0. The number of hydrogen-bond acceptors (Lipinski definition) is 1. The van der Waals surface area contributed by atoms with E-state index in [4.69, 9.17) is 4.74 Å². The second kappa shape index (κ2) is 11.3. The Morgan fingerprint density at radius 2 is 1.78 bits per heavy atom. The monoisotopic (exact) mass is 250 g/mol. The average Bonchev–Trinajstić information content (AvgIpc) is 2.40. The molecule has 0 aliphatic rings. The lowest BCUT2D eigenvalue weighted by Gasteiger charge is -2.07. The molecule has 104 valence electrons. The van der Waals surface area contributed by atoms with E-state index in [9.17, 15) is 0 Å². The molecule has 0 N–H and O–H groups in total. The lowest BCUT2D eigenvalue weighted by atomic mass is 10.1. The topological polar surface area (TPSA) is 9.23 Å². The predicted octanol–water partition coefficient (Wildman–Crippen LogP) is 4.88. The van der Waals surface area contributed by atoms with Crippen LogP contribution in [0.25, 0.3) is 0 Å². The Hall–Kier alpha value is -0.820. The molecule has 0 spiro atoms. The van der Waals surface area contributed by atoms with Gasteiger partial charge in [0.05, 0.1) is 0 Å². The summed E-state index contributed by atoms with van der Waals surface area (Å²) in [7, 11) is 0. The molecular formula is C17H30O. The van der Waals surface area contributed by atoms with Crippen molar-refractivity contribution in [1.29, 1.82) is 0 Å². The van der Waals surface area contributed by atoms with Crippen molar-refractivity contribution in [2.24, 2.45) is 5.92 Å². The highest BCUT2D eigenvalue weighted by molar-refractivity contribution is 5.23. The average molecular weight is 250 g/mol. The van der Waals surface area contributed by atoms with Crippen molar-refractivity contribution in [3.05, 3.63) is 35.4 Å². The van der Waals surface area contributed by atoms with Gasteiger partial charge in [-0.25, -0.2) is 0 Å². The van der Waals surface area contributed by atoms with Crippen molar-refractivity contribution >= 4 is 0 Å². The molecule has 1 rings (SSSR count). The first-order chi connectivity index (χ1) is 8.72. The predicted molar refractivity (Wildman–Crippen MR) is 81.1 cm³/mol. The highest BCUT2D eigenvalue weighted by atomic mass is 16.5. The lowest BCUT2D eigenvalue weighted by molar-refractivity contribution is 0.108. The molecule has 0 fully saturated rings. The molecule has 0 atom stereocenters. The first-order valence-corrected chi connectivity index (χ1v) is 7.38. The molecule has 1 nitrogen and oxygen atoms in total. The smallest absolute Gasteiger partial charge is 0.0488 e. The molecule has 18 heavy (non-hydrogen) atoms. The maximum Gasteiger partial charge on any atom is 0.0488 e. The third-order valence-corrected chi connectivity index (χ3v) is 2.60. The van der Waals surface area contributed by atoms with Crippen LogP contribution in [0.2, 0.25) is 0 Å². The Kier molecular flexibility index (Phi) is 10.8. The van der Waals surface area contributed by atoms with Crippen LogP contribution in [0.1, 0.15) is 52.2 Å². The van der Waals surface area contributed by atoms with Crippen LogP contribution >= 0.6 is 0 Å². The first kappa shape index (κ1) is 17.2. The first-order valence-electron chi connectivity index (χ1n) is 7.38. The van der Waals surface area contributed by atoms with E-state index in [0.29, 0.717) is 5.92 Å². The van der Waals surface area contributed by atoms with Gasteiger partial charge < -0.3 is 4.74 Å². The minimum absolute atomic E-state index is 0.642.